The van der Waals surface area contributed by atoms with Crippen LogP contribution in [0.3, 0.4) is 0 Å². The molecule has 0 aromatic carbocycles. The number of rotatable bonds is 3. The van der Waals surface area contributed by atoms with Gasteiger partial charge in [0, 0.05) is 18.3 Å². The lowest BCUT2D eigenvalue weighted by Gasteiger charge is -2.54. The number of allylic oxidation sites excluding steroid dienone is 5. The Bertz CT molecular complexity index is 747. The monoisotopic (exact) mass is 356 g/mol. The first-order valence-electron chi connectivity index (χ1n) is 9.76. The Balaban J connectivity index is 1.70. The van der Waals surface area contributed by atoms with Crippen molar-refractivity contribution in [2.24, 2.45) is 28.6 Å². The molecule has 0 bridgehead atoms. The van der Waals surface area contributed by atoms with Gasteiger partial charge in [-0.25, -0.2) is 0 Å². The highest BCUT2D eigenvalue weighted by molar-refractivity contribution is 5.92. The normalized spacial score (nSPS) is 46.3. The summed E-state index contributed by atoms with van der Waals surface area (Å²) in [4.78, 5) is 22.9. The highest BCUT2D eigenvalue weighted by Gasteiger charge is 2.61. The van der Waals surface area contributed by atoms with Gasteiger partial charge in [0.05, 0.1) is 5.60 Å². The lowest BCUT2D eigenvalue weighted by Crippen LogP contribution is -2.51. The Morgan fingerprint density at radius 1 is 1.27 bits per heavy atom. The zero-order valence-corrected chi connectivity index (χ0v) is 15.6. The van der Waals surface area contributed by atoms with Crippen LogP contribution in [-0.2, 0) is 9.59 Å². The average molecular weight is 356 g/mol. The number of aliphatic hydroxyl groups is 1. The number of carbonyl (C=O) groups excluding carboxylic acids is 1. The van der Waals surface area contributed by atoms with Gasteiger partial charge in [0.15, 0.2) is 5.78 Å². The Labute approximate surface area is 154 Å². The Morgan fingerprint density at radius 2 is 2.04 bits per heavy atom. The smallest absolute Gasteiger partial charge is 0.303 e. The second kappa shape index (κ2) is 5.66. The van der Waals surface area contributed by atoms with Gasteiger partial charge >= 0.3 is 5.97 Å². The molecule has 0 heterocycles. The topological polar surface area (TPSA) is 74.6 Å². The van der Waals surface area contributed by atoms with Crippen molar-refractivity contribution in [3.05, 3.63) is 36.0 Å². The number of hydrogen-bond donors (Lipinski definition) is 2. The van der Waals surface area contributed by atoms with Crippen molar-refractivity contribution in [3.63, 3.8) is 0 Å². The van der Waals surface area contributed by atoms with E-state index in [1.165, 1.54) is 0 Å². The van der Waals surface area contributed by atoms with Crippen LogP contribution in [0, 0.1) is 28.6 Å². The molecule has 140 valence electrons. The maximum absolute atomic E-state index is 11.9. The molecular formula is C22H28O4. The first-order chi connectivity index (χ1) is 12.2. The SMILES string of the molecule is C[C@]12CCC(=O)C=C1C=C[C@@H]1[C@@H]2C=C[C@@]2(C)[C@H]1CC[C@@]2(O)CCC(=O)O. The molecule has 4 aliphatic carbocycles. The number of carboxylic acids is 1. The summed E-state index contributed by atoms with van der Waals surface area (Å²) in [6.45, 7) is 4.37. The van der Waals surface area contributed by atoms with Gasteiger partial charge in [-0.1, -0.05) is 38.2 Å². The molecule has 0 aromatic rings. The van der Waals surface area contributed by atoms with Crippen LogP contribution >= 0.6 is 0 Å². The van der Waals surface area contributed by atoms with Crippen LogP contribution in [0.4, 0.5) is 0 Å². The van der Waals surface area contributed by atoms with Gasteiger partial charge < -0.3 is 10.2 Å². The highest BCUT2D eigenvalue weighted by atomic mass is 16.4. The zero-order chi connectivity index (χ0) is 18.7. The lowest BCUT2D eigenvalue weighted by molar-refractivity contribution is -0.140. The van der Waals surface area contributed by atoms with Crippen molar-refractivity contribution < 1.29 is 19.8 Å². The molecule has 1 saturated carbocycles. The van der Waals surface area contributed by atoms with E-state index >= 15 is 0 Å². The minimum atomic E-state index is -0.953. The maximum atomic E-state index is 11.9. The van der Waals surface area contributed by atoms with Crippen molar-refractivity contribution in [1.82, 2.24) is 0 Å². The van der Waals surface area contributed by atoms with Crippen LogP contribution < -0.4 is 0 Å². The second-order valence-electron chi connectivity index (χ2n) is 9.16. The molecule has 4 heteroatoms. The Morgan fingerprint density at radius 3 is 2.77 bits per heavy atom. The Hall–Kier alpha value is -1.68. The van der Waals surface area contributed by atoms with Gasteiger partial charge in [-0.3, -0.25) is 9.59 Å². The predicted molar refractivity (Wildman–Crippen MR) is 98.3 cm³/mol. The average Bonchev–Trinajstić information content (AvgIpc) is 2.86. The summed E-state index contributed by atoms with van der Waals surface area (Å²) in [6, 6.07) is 0. The number of ketones is 1. The molecule has 26 heavy (non-hydrogen) atoms. The minimum Gasteiger partial charge on any atom is -0.481 e. The molecular weight excluding hydrogens is 328 g/mol. The molecule has 4 nitrogen and oxygen atoms in total. The third-order valence-electron chi connectivity index (χ3n) is 8.02. The molecule has 0 radical (unpaired) electrons. The summed E-state index contributed by atoms with van der Waals surface area (Å²) >= 11 is 0. The van der Waals surface area contributed by atoms with Gasteiger partial charge in [0.1, 0.15) is 0 Å². The third kappa shape index (κ3) is 2.31. The van der Waals surface area contributed by atoms with Gasteiger partial charge in [-0.15, -0.1) is 0 Å². The van der Waals surface area contributed by atoms with Crippen LogP contribution in [0.5, 0.6) is 0 Å². The standard InChI is InChI=1S/C22H28O4/c1-20-9-5-15(23)13-14(20)3-4-16-17(20)6-10-21(2)18(16)7-11-22(21,26)12-8-19(24)25/h3-4,6,10,13,16-18,26H,5,7-9,11-12H2,1-2H3,(H,24,25)/t16-,17+,18+,20+,21+,22-/m1/s1. The molecule has 0 aromatic heterocycles. The summed E-state index contributed by atoms with van der Waals surface area (Å²) in [5.41, 5.74) is -0.226. The fraction of sp³-hybridized carbons (Fsp3) is 0.636. The summed E-state index contributed by atoms with van der Waals surface area (Å²) < 4.78 is 0. The van der Waals surface area contributed by atoms with Crippen molar-refractivity contribution in [2.75, 3.05) is 0 Å². The van der Waals surface area contributed by atoms with Crippen LogP contribution in [0.15, 0.2) is 36.0 Å². The van der Waals surface area contributed by atoms with Crippen LogP contribution in [0.2, 0.25) is 0 Å². The molecule has 0 saturated heterocycles. The van der Waals surface area contributed by atoms with E-state index in [9.17, 15) is 14.7 Å². The minimum absolute atomic E-state index is 0.00327. The third-order valence-corrected chi connectivity index (χ3v) is 8.02. The largest absolute Gasteiger partial charge is 0.481 e. The number of carbonyl (C=O) groups is 2. The summed E-state index contributed by atoms with van der Waals surface area (Å²) in [7, 11) is 0. The molecule has 0 unspecified atom stereocenters. The highest BCUT2D eigenvalue weighted by Crippen LogP contribution is 2.64. The van der Waals surface area contributed by atoms with Crippen molar-refractivity contribution in [1.29, 1.82) is 0 Å². The van der Waals surface area contributed by atoms with E-state index in [0.717, 1.165) is 18.4 Å². The van der Waals surface area contributed by atoms with E-state index in [1.807, 2.05) is 6.08 Å². The van der Waals surface area contributed by atoms with Crippen LogP contribution in [0.25, 0.3) is 0 Å². The summed E-state index contributed by atoms with van der Waals surface area (Å²) in [6.07, 6.45) is 14.0. The molecule has 4 rings (SSSR count). The van der Waals surface area contributed by atoms with E-state index in [0.29, 0.717) is 37.0 Å². The molecule has 0 spiro atoms. The molecule has 0 amide bonds. The molecule has 0 aliphatic heterocycles. The quantitative estimate of drug-likeness (QED) is 0.757. The van der Waals surface area contributed by atoms with Crippen molar-refractivity contribution in [3.8, 4) is 0 Å². The van der Waals surface area contributed by atoms with Gasteiger partial charge in [-0.05, 0) is 60.5 Å². The van der Waals surface area contributed by atoms with Gasteiger partial charge in [-0.2, -0.15) is 0 Å². The van der Waals surface area contributed by atoms with E-state index in [-0.39, 0.29) is 17.6 Å². The molecule has 1 fully saturated rings. The van der Waals surface area contributed by atoms with E-state index in [1.54, 1.807) is 0 Å². The van der Waals surface area contributed by atoms with E-state index in [2.05, 4.69) is 38.2 Å². The number of fused-ring (bicyclic) bond motifs is 5. The molecule has 4 aliphatic rings. The molecule has 2 N–H and O–H groups in total. The van der Waals surface area contributed by atoms with Crippen molar-refractivity contribution in [2.45, 2.75) is 58.0 Å². The summed E-state index contributed by atoms with van der Waals surface area (Å²) in [5, 5.41) is 20.4. The van der Waals surface area contributed by atoms with Gasteiger partial charge in [0.2, 0.25) is 0 Å². The number of hydrogen-bond acceptors (Lipinski definition) is 3. The number of aliphatic carboxylic acids is 1. The lowest BCUT2D eigenvalue weighted by atomic mass is 9.50. The van der Waals surface area contributed by atoms with Crippen LogP contribution in [0.1, 0.15) is 52.4 Å². The zero-order valence-electron chi connectivity index (χ0n) is 15.6. The predicted octanol–water partition coefficient (Wildman–Crippen LogP) is 3.67. The fourth-order valence-electron chi connectivity index (χ4n) is 6.21. The van der Waals surface area contributed by atoms with E-state index in [4.69, 9.17) is 5.11 Å². The molecule has 6 atom stereocenters. The Kier molecular flexibility index (Phi) is 3.85. The first-order valence-corrected chi connectivity index (χ1v) is 9.76. The van der Waals surface area contributed by atoms with Crippen molar-refractivity contribution >= 4 is 11.8 Å². The summed E-state index contributed by atoms with van der Waals surface area (Å²) in [5.74, 6) is 0.346. The van der Waals surface area contributed by atoms with Crippen LogP contribution in [-0.4, -0.2) is 27.6 Å². The maximum Gasteiger partial charge on any atom is 0.303 e. The number of carboxylic acid groups (broad SMARTS) is 1. The van der Waals surface area contributed by atoms with E-state index < -0.39 is 17.0 Å². The second-order valence-corrected chi connectivity index (χ2v) is 9.16. The first kappa shape index (κ1) is 17.7. The van der Waals surface area contributed by atoms with Gasteiger partial charge in [0.25, 0.3) is 0 Å². The fourth-order valence-corrected chi connectivity index (χ4v) is 6.21.